The molecule has 0 aliphatic carbocycles. The van der Waals surface area contributed by atoms with Crippen molar-refractivity contribution in [1.82, 2.24) is 9.55 Å². The van der Waals surface area contributed by atoms with E-state index in [1.807, 2.05) is 30.6 Å². The molecule has 2 heterocycles. The number of nitrogens with zero attached hydrogens (tertiary/aromatic N) is 3. The molecule has 1 N–H and O–H groups in total. The molecule has 1 aliphatic heterocycles. The maximum Gasteiger partial charge on any atom is 0.128 e. The van der Waals surface area contributed by atoms with E-state index in [4.69, 9.17) is 0 Å². The van der Waals surface area contributed by atoms with Crippen molar-refractivity contribution in [2.45, 2.75) is 19.7 Å². The van der Waals surface area contributed by atoms with Crippen molar-refractivity contribution in [3.8, 4) is 0 Å². The van der Waals surface area contributed by atoms with E-state index in [-0.39, 0.29) is 6.61 Å². The third-order valence-electron chi connectivity index (χ3n) is 3.25. The molecule has 0 amide bonds. The highest BCUT2D eigenvalue weighted by Crippen LogP contribution is 2.24. The van der Waals surface area contributed by atoms with Crippen molar-refractivity contribution in [3.63, 3.8) is 0 Å². The van der Waals surface area contributed by atoms with Crippen LogP contribution >= 0.6 is 0 Å². The monoisotopic (exact) mass is 229 g/mol. The molecule has 4 heteroatoms. The van der Waals surface area contributed by atoms with E-state index in [1.165, 1.54) is 0 Å². The van der Waals surface area contributed by atoms with Crippen molar-refractivity contribution in [1.29, 1.82) is 0 Å². The summed E-state index contributed by atoms with van der Waals surface area (Å²) in [6.07, 6.45) is 3.86. The highest BCUT2D eigenvalue weighted by Gasteiger charge is 2.18. The first-order valence-electron chi connectivity index (χ1n) is 5.82. The zero-order chi connectivity index (χ0) is 11.7. The normalized spacial score (nSPS) is 14.8. The Bertz CT molecular complexity index is 521. The molecule has 0 atom stereocenters. The van der Waals surface area contributed by atoms with Crippen LogP contribution in [0.3, 0.4) is 0 Å². The molecular weight excluding hydrogens is 214 g/mol. The number of fused-ring (bicyclic) bond motifs is 1. The van der Waals surface area contributed by atoms with Crippen molar-refractivity contribution in [2.24, 2.45) is 0 Å². The molecule has 2 aromatic rings. The summed E-state index contributed by atoms with van der Waals surface area (Å²) >= 11 is 0. The third-order valence-corrected chi connectivity index (χ3v) is 3.25. The minimum atomic E-state index is 0.0844. The molecule has 4 nitrogen and oxygen atoms in total. The Labute approximate surface area is 100 Å². The SMILES string of the molecule is OCc1ccccc1N1CCn2ccnc2C1. The lowest BCUT2D eigenvalue weighted by Crippen LogP contribution is -2.34. The largest absolute Gasteiger partial charge is 0.392 e. The van der Waals surface area contributed by atoms with Crippen LogP contribution in [-0.4, -0.2) is 21.2 Å². The van der Waals surface area contributed by atoms with E-state index >= 15 is 0 Å². The summed E-state index contributed by atoms with van der Waals surface area (Å²) < 4.78 is 2.18. The van der Waals surface area contributed by atoms with Crippen LogP contribution in [0.15, 0.2) is 36.7 Å². The molecular formula is C13H15N3O. The predicted octanol–water partition coefficient (Wildman–Crippen LogP) is 1.40. The molecule has 0 saturated heterocycles. The zero-order valence-corrected chi connectivity index (χ0v) is 9.58. The van der Waals surface area contributed by atoms with Crippen molar-refractivity contribution >= 4 is 5.69 Å². The minimum Gasteiger partial charge on any atom is -0.392 e. The third kappa shape index (κ3) is 1.80. The molecule has 88 valence electrons. The number of anilines is 1. The number of hydrogen-bond acceptors (Lipinski definition) is 3. The maximum atomic E-state index is 9.36. The second kappa shape index (κ2) is 4.22. The van der Waals surface area contributed by atoms with Crippen molar-refractivity contribution in [3.05, 3.63) is 48.0 Å². The first kappa shape index (κ1) is 10.4. The fourth-order valence-electron chi connectivity index (χ4n) is 2.33. The van der Waals surface area contributed by atoms with Crippen LogP contribution in [0, 0.1) is 0 Å². The predicted molar refractivity (Wildman–Crippen MR) is 65.6 cm³/mol. The lowest BCUT2D eigenvalue weighted by Gasteiger charge is -2.30. The van der Waals surface area contributed by atoms with Gasteiger partial charge < -0.3 is 14.6 Å². The van der Waals surface area contributed by atoms with Crippen molar-refractivity contribution in [2.75, 3.05) is 11.4 Å². The number of aliphatic hydroxyl groups is 1. The van der Waals surface area contributed by atoms with E-state index in [0.29, 0.717) is 0 Å². The Morgan fingerprint density at radius 1 is 1.24 bits per heavy atom. The van der Waals surface area contributed by atoms with Crippen molar-refractivity contribution < 1.29 is 5.11 Å². The highest BCUT2D eigenvalue weighted by molar-refractivity contribution is 5.53. The molecule has 0 radical (unpaired) electrons. The molecule has 17 heavy (non-hydrogen) atoms. The van der Waals surface area contributed by atoms with E-state index in [1.54, 1.807) is 0 Å². The summed E-state index contributed by atoms with van der Waals surface area (Å²) in [4.78, 5) is 6.62. The van der Waals surface area contributed by atoms with E-state index in [0.717, 1.165) is 36.7 Å². The van der Waals surface area contributed by atoms with Gasteiger partial charge in [0.25, 0.3) is 0 Å². The Balaban J connectivity index is 1.91. The minimum absolute atomic E-state index is 0.0844. The van der Waals surface area contributed by atoms with Crippen LogP contribution < -0.4 is 4.90 Å². The first-order chi connectivity index (χ1) is 8.38. The van der Waals surface area contributed by atoms with Gasteiger partial charge in [-0.05, 0) is 6.07 Å². The smallest absolute Gasteiger partial charge is 0.128 e. The van der Waals surface area contributed by atoms with Crippen LogP contribution in [0.1, 0.15) is 11.4 Å². The number of imidazole rings is 1. The lowest BCUT2D eigenvalue weighted by molar-refractivity contribution is 0.282. The molecule has 1 aromatic heterocycles. The number of aliphatic hydroxyl groups excluding tert-OH is 1. The number of rotatable bonds is 2. The molecule has 1 aromatic carbocycles. The molecule has 3 rings (SSSR count). The van der Waals surface area contributed by atoms with E-state index in [9.17, 15) is 5.11 Å². The molecule has 0 saturated carbocycles. The Kier molecular flexibility index (Phi) is 2.57. The summed E-state index contributed by atoms with van der Waals surface area (Å²) in [5, 5.41) is 9.36. The van der Waals surface area contributed by atoms with Gasteiger partial charge in [-0.2, -0.15) is 0 Å². The van der Waals surface area contributed by atoms with Gasteiger partial charge in [-0.1, -0.05) is 18.2 Å². The van der Waals surface area contributed by atoms with Crippen LogP contribution in [-0.2, 0) is 19.7 Å². The van der Waals surface area contributed by atoms with Crippen LogP contribution in [0.2, 0.25) is 0 Å². The Morgan fingerprint density at radius 2 is 2.12 bits per heavy atom. The van der Waals surface area contributed by atoms with Gasteiger partial charge in [-0.25, -0.2) is 4.98 Å². The number of para-hydroxylation sites is 1. The maximum absolute atomic E-state index is 9.36. The fourth-order valence-corrected chi connectivity index (χ4v) is 2.33. The van der Waals surface area contributed by atoms with Crippen LogP contribution in [0.25, 0.3) is 0 Å². The topological polar surface area (TPSA) is 41.3 Å². The fraction of sp³-hybridized carbons (Fsp3) is 0.308. The second-order valence-electron chi connectivity index (χ2n) is 4.25. The summed E-state index contributed by atoms with van der Waals surface area (Å²) in [7, 11) is 0. The van der Waals surface area contributed by atoms with Crippen LogP contribution in [0.4, 0.5) is 5.69 Å². The van der Waals surface area contributed by atoms with Gasteiger partial charge in [-0.15, -0.1) is 0 Å². The highest BCUT2D eigenvalue weighted by atomic mass is 16.3. The van der Waals surface area contributed by atoms with Gasteiger partial charge in [0.2, 0.25) is 0 Å². The summed E-state index contributed by atoms with van der Waals surface area (Å²) in [6, 6.07) is 8.00. The van der Waals surface area contributed by atoms with Gasteiger partial charge in [0.1, 0.15) is 5.82 Å². The van der Waals surface area contributed by atoms with Crippen LogP contribution in [0.5, 0.6) is 0 Å². The van der Waals surface area contributed by atoms with Gasteiger partial charge in [0.15, 0.2) is 0 Å². The van der Waals surface area contributed by atoms with Gasteiger partial charge in [0.05, 0.1) is 13.2 Å². The second-order valence-corrected chi connectivity index (χ2v) is 4.25. The first-order valence-corrected chi connectivity index (χ1v) is 5.82. The molecule has 0 fully saturated rings. The zero-order valence-electron chi connectivity index (χ0n) is 9.58. The molecule has 0 spiro atoms. The summed E-state index contributed by atoms with van der Waals surface area (Å²) in [6.45, 7) is 2.81. The van der Waals surface area contributed by atoms with Gasteiger partial charge in [0, 0.05) is 36.7 Å². The Morgan fingerprint density at radius 3 is 3.00 bits per heavy atom. The molecule has 1 aliphatic rings. The standard InChI is InChI=1S/C13H15N3O/c17-10-11-3-1-2-4-12(11)16-8-7-15-6-5-14-13(15)9-16/h1-6,17H,7-10H2. The van der Waals surface area contributed by atoms with Gasteiger partial charge in [-0.3, -0.25) is 0 Å². The summed E-state index contributed by atoms with van der Waals surface area (Å²) in [5.41, 5.74) is 2.09. The van der Waals surface area contributed by atoms with E-state index in [2.05, 4.69) is 20.5 Å². The Hall–Kier alpha value is -1.81. The van der Waals surface area contributed by atoms with E-state index < -0.39 is 0 Å². The lowest BCUT2D eigenvalue weighted by atomic mass is 10.1. The number of benzene rings is 1. The van der Waals surface area contributed by atoms with Gasteiger partial charge >= 0.3 is 0 Å². The molecule has 0 bridgehead atoms. The average Bonchev–Trinajstić information content (AvgIpc) is 2.85. The summed E-state index contributed by atoms with van der Waals surface area (Å²) in [5.74, 6) is 1.09. The quantitative estimate of drug-likeness (QED) is 0.846. The molecule has 0 unspecified atom stereocenters. The number of hydrogen-bond donors (Lipinski definition) is 1. The number of aromatic nitrogens is 2. The average molecular weight is 229 g/mol.